The van der Waals surface area contributed by atoms with E-state index in [1.807, 2.05) is 26.0 Å². The first-order chi connectivity index (χ1) is 3.73. The van der Waals surface area contributed by atoms with E-state index < -0.39 is 5.52 Å². The van der Waals surface area contributed by atoms with Crippen LogP contribution in [0.15, 0.2) is 0 Å². The summed E-state index contributed by atoms with van der Waals surface area (Å²) in [6.07, 6.45) is 0. The molecule has 9 heavy (non-hydrogen) atoms. The maximum absolute atomic E-state index is 5.26. The molecule has 0 saturated carbocycles. The Morgan fingerprint density at radius 3 is 1.11 bits per heavy atom. The normalized spacial score (nSPS) is 11.0. The van der Waals surface area contributed by atoms with E-state index in [2.05, 4.69) is 0 Å². The van der Waals surface area contributed by atoms with Crippen LogP contribution in [0.1, 0.15) is 0 Å². The average Bonchev–Trinajstić information content (AvgIpc) is 1.19. The zero-order chi connectivity index (χ0) is 8.08. The predicted octanol–water partition coefficient (Wildman–Crippen LogP) is 0.682. The lowest BCUT2D eigenvalue weighted by Crippen LogP contribution is -2.06. The summed E-state index contributed by atoms with van der Waals surface area (Å²) >= 11 is 15.8. The molecule has 0 aliphatic carbocycles. The van der Waals surface area contributed by atoms with E-state index >= 15 is 0 Å². The van der Waals surface area contributed by atoms with Gasteiger partial charge in [0.05, 0.1) is 9.76 Å². The predicted molar refractivity (Wildman–Crippen MR) is 52.9 cm³/mol. The molecule has 6 heteroatoms. The SMILES string of the molecule is CN(C)C.[SiH3][Si](Cl)(Cl)Cl. The lowest BCUT2D eigenvalue weighted by atomic mass is 11.0. The second kappa shape index (κ2) is 6.01. The molecule has 0 aromatic carbocycles. The standard InChI is InChI=1S/C3H9N.Cl3H3Si2/c1-4(2)3;1-5(2,3)4/h1-3H3;4H3. The van der Waals surface area contributed by atoms with Crippen LogP contribution in [0.25, 0.3) is 0 Å². The summed E-state index contributed by atoms with van der Waals surface area (Å²) in [5, 5.41) is 0. The Hall–Kier alpha value is 1.26. The molecule has 0 saturated heterocycles. The third-order valence-electron chi connectivity index (χ3n) is 0. The summed E-state index contributed by atoms with van der Waals surface area (Å²) in [6.45, 7) is 0. The number of hydrogen-bond donors (Lipinski definition) is 0. The topological polar surface area (TPSA) is 3.24 Å². The Morgan fingerprint density at radius 1 is 1.11 bits per heavy atom. The summed E-state index contributed by atoms with van der Waals surface area (Å²) in [7, 11) is 6.74. The molecule has 0 aliphatic rings. The molecule has 0 aromatic rings. The van der Waals surface area contributed by atoms with E-state index in [-0.39, 0.29) is 0 Å². The highest BCUT2D eigenvalue weighted by atomic mass is 35.8. The number of hydrogen-bond acceptors (Lipinski definition) is 1. The van der Waals surface area contributed by atoms with Crippen molar-refractivity contribution in [1.29, 1.82) is 0 Å². The fraction of sp³-hybridized carbons (Fsp3) is 1.00. The molecular weight excluding hydrogens is 213 g/mol. The van der Waals surface area contributed by atoms with Gasteiger partial charge in [0, 0.05) is 0 Å². The third kappa shape index (κ3) is 306. The van der Waals surface area contributed by atoms with Crippen molar-refractivity contribution in [3.8, 4) is 0 Å². The molecule has 0 aliphatic heterocycles. The minimum Gasteiger partial charge on any atom is -0.312 e. The monoisotopic (exact) mass is 223 g/mol. The van der Waals surface area contributed by atoms with Crippen molar-refractivity contribution in [3.63, 3.8) is 0 Å². The third-order valence-corrected chi connectivity index (χ3v) is 0. The zero-order valence-corrected chi connectivity index (χ0v) is 11.3. The Balaban J connectivity index is 0. The van der Waals surface area contributed by atoms with Gasteiger partial charge in [-0.1, -0.05) is 0 Å². The molecule has 0 radical (unpaired) electrons. The molecule has 0 heterocycles. The van der Waals surface area contributed by atoms with Crippen LogP contribution in [0.5, 0.6) is 0 Å². The second-order valence-corrected chi connectivity index (χ2v) is 22.4. The largest absolute Gasteiger partial charge is 0.313 e. The molecule has 0 spiro atoms. The molecule has 0 bridgehead atoms. The van der Waals surface area contributed by atoms with E-state index in [0.717, 1.165) is 9.76 Å². The van der Waals surface area contributed by atoms with Crippen LogP contribution in [0, 0.1) is 0 Å². The van der Waals surface area contributed by atoms with Crippen LogP contribution in [0.3, 0.4) is 0 Å². The van der Waals surface area contributed by atoms with Gasteiger partial charge in [0.2, 0.25) is 0 Å². The molecule has 0 unspecified atom stereocenters. The maximum atomic E-state index is 5.26. The Bertz CT molecular complexity index is 53.8. The summed E-state index contributed by atoms with van der Waals surface area (Å²) in [4.78, 5) is 2.00. The van der Waals surface area contributed by atoms with Crippen LogP contribution in [-0.2, 0) is 0 Å². The summed E-state index contributed by atoms with van der Waals surface area (Å²) < 4.78 is 0. The molecule has 0 amide bonds. The van der Waals surface area contributed by atoms with Gasteiger partial charge in [-0.05, 0) is 21.1 Å². The van der Waals surface area contributed by atoms with Gasteiger partial charge in [0.25, 0.3) is 0 Å². The number of halogens is 3. The van der Waals surface area contributed by atoms with Gasteiger partial charge >= 0.3 is 5.52 Å². The first kappa shape index (κ1) is 12.9. The molecule has 0 fully saturated rings. The highest BCUT2D eigenvalue weighted by Crippen LogP contribution is 2.12. The molecule has 58 valence electrons. The van der Waals surface area contributed by atoms with E-state index in [1.54, 1.807) is 0 Å². The van der Waals surface area contributed by atoms with Gasteiger partial charge in [0.15, 0.2) is 0 Å². The van der Waals surface area contributed by atoms with Gasteiger partial charge < -0.3 is 4.90 Å². The molecular formula is C3H12Cl3NSi2. The highest BCUT2D eigenvalue weighted by molar-refractivity contribution is 7.79. The summed E-state index contributed by atoms with van der Waals surface area (Å²) in [5.41, 5.74) is -2.06. The zero-order valence-electron chi connectivity index (χ0n) is 6.08. The van der Waals surface area contributed by atoms with Crippen molar-refractivity contribution in [2.24, 2.45) is 0 Å². The Labute approximate surface area is 74.6 Å². The van der Waals surface area contributed by atoms with Crippen molar-refractivity contribution in [3.05, 3.63) is 0 Å². The van der Waals surface area contributed by atoms with Crippen LogP contribution >= 0.6 is 33.2 Å². The van der Waals surface area contributed by atoms with Crippen molar-refractivity contribution in [1.82, 2.24) is 4.90 Å². The van der Waals surface area contributed by atoms with Crippen molar-refractivity contribution < 1.29 is 0 Å². The molecule has 0 rings (SSSR count). The first-order valence-corrected chi connectivity index (χ1v) is 10.9. The van der Waals surface area contributed by atoms with E-state index in [0.29, 0.717) is 0 Å². The Morgan fingerprint density at radius 2 is 1.11 bits per heavy atom. The molecule has 0 N–H and O–H groups in total. The average molecular weight is 225 g/mol. The van der Waals surface area contributed by atoms with Gasteiger partial charge in [-0.25, -0.2) is 0 Å². The maximum Gasteiger partial charge on any atom is 0.313 e. The molecule has 1 nitrogen and oxygen atoms in total. The summed E-state index contributed by atoms with van der Waals surface area (Å²) in [5.74, 6) is 0. The minimum absolute atomic E-state index is 0.743. The van der Waals surface area contributed by atoms with E-state index in [9.17, 15) is 0 Å². The van der Waals surface area contributed by atoms with Crippen molar-refractivity contribution >= 4 is 48.5 Å². The lowest BCUT2D eigenvalue weighted by Gasteiger charge is -1.90. The Kier molecular flexibility index (Phi) is 8.61. The van der Waals surface area contributed by atoms with Crippen molar-refractivity contribution in [2.75, 3.05) is 21.1 Å². The highest BCUT2D eigenvalue weighted by Gasteiger charge is 2.13. The smallest absolute Gasteiger partial charge is 0.312 e. The van der Waals surface area contributed by atoms with Gasteiger partial charge in [0.1, 0.15) is 0 Å². The quantitative estimate of drug-likeness (QED) is 0.432. The fourth-order valence-corrected chi connectivity index (χ4v) is 0. The van der Waals surface area contributed by atoms with Crippen LogP contribution in [0.4, 0.5) is 0 Å². The van der Waals surface area contributed by atoms with Gasteiger partial charge in [-0.3, -0.25) is 0 Å². The molecule has 0 atom stereocenters. The van der Waals surface area contributed by atoms with Crippen LogP contribution < -0.4 is 0 Å². The van der Waals surface area contributed by atoms with Gasteiger partial charge in [-0.2, -0.15) is 0 Å². The fourth-order valence-electron chi connectivity index (χ4n) is 0. The van der Waals surface area contributed by atoms with Crippen LogP contribution in [-0.4, -0.2) is 41.3 Å². The number of rotatable bonds is 0. The minimum atomic E-state index is -2.06. The van der Waals surface area contributed by atoms with Gasteiger partial charge in [-0.15, -0.1) is 33.2 Å². The molecule has 0 aromatic heterocycles. The van der Waals surface area contributed by atoms with Crippen LogP contribution in [0.2, 0.25) is 0 Å². The summed E-state index contributed by atoms with van der Waals surface area (Å²) in [6, 6.07) is 0. The van der Waals surface area contributed by atoms with Crippen molar-refractivity contribution in [2.45, 2.75) is 0 Å². The number of nitrogens with zero attached hydrogens (tertiary/aromatic N) is 1. The van der Waals surface area contributed by atoms with E-state index in [4.69, 9.17) is 33.2 Å². The lowest BCUT2D eigenvalue weighted by molar-refractivity contribution is 0.505. The first-order valence-electron chi connectivity index (χ1n) is 2.41. The van der Waals surface area contributed by atoms with E-state index in [1.165, 1.54) is 0 Å². The second-order valence-electron chi connectivity index (χ2n) is 2.12.